The van der Waals surface area contributed by atoms with Crippen LogP contribution in [0.15, 0.2) is 58.9 Å². The van der Waals surface area contributed by atoms with Gasteiger partial charge in [-0.15, -0.1) is 11.3 Å². The molecule has 0 unspecified atom stereocenters. The Bertz CT molecular complexity index is 901. The summed E-state index contributed by atoms with van der Waals surface area (Å²) in [7, 11) is 3.23. The lowest BCUT2D eigenvalue weighted by molar-refractivity contribution is 0.275. The van der Waals surface area contributed by atoms with E-state index in [1.54, 1.807) is 25.6 Å². The molecular formula is C19H20N2O3S. The summed E-state index contributed by atoms with van der Waals surface area (Å²) in [5, 5.41) is 11.5. The highest BCUT2D eigenvalue weighted by Crippen LogP contribution is 2.32. The number of thiazole rings is 1. The number of methoxy groups -OCH3 is 2. The molecule has 1 N–H and O–H groups in total. The zero-order chi connectivity index (χ0) is 17.6. The second kappa shape index (κ2) is 8.00. The summed E-state index contributed by atoms with van der Waals surface area (Å²) in [5.74, 6) is 1.35. The Morgan fingerprint density at radius 3 is 2.48 bits per heavy atom. The minimum Gasteiger partial charge on any atom is -0.493 e. The van der Waals surface area contributed by atoms with Gasteiger partial charge in [0.15, 0.2) is 16.3 Å². The van der Waals surface area contributed by atoms with Crippen LogP contribution in [0.1, 0.15) is 0 Å². The van der Waals surface area contributed by atoms with Crippen LogP contribution < -0.4 is 14.3 Å². The lowest BCUT2D eigenvalue weighted by atomic mass is 10.1. The van der Waals surface area contributed by atoms with Crippen molar-refractivity contribution in [3.63, 3.8) is 0 Å². The lowest BCUT2D eigenvalue weighted by Gasteiger charge is -2.11. The van der Waals surface area contributed by atoms with E-state index in [0.29, 0.717) is 18.0 Å². The molecule has 0 bridgehead atoms. The second-order valence-corrected chi connectivity index (χ2v) is 6.13. The summed E-state index contributed by atoms with van der Waals surface area (Å²) in [6.45, 7) is 0.512. The Balaban J connectivity index is 2.10. The summed E-state index contributed by atoms with van der Waals surface area (Å²) < 4.78 is 12.7. The van der Waals surface area contributed by atoms with E-state index in [9.17, 15) is 5.11 Å². The highest BCUT2D eigenvalue weighted by Gasteiger charge is 2.11. The first-order valence-electron chi connectivity index (χ1n) is 7.88. The molecule has 0 saturated carbocycles. The minimum atomic E-state index is 0.0407. The Morgan fingerprint density at radius 1 is 1.04 bits per heavy atom. The number of para-hydroxylation sites is 1. The molecule has 0 aliphatic heterocycles. The molecular weight excluding hydrogens is 336 g/mol. The summed E-state index contributed by atoms with van der Waals surface area (Å²) >= 11 is 1.54. The van der Waals surface area contributed by atoms with Crippen LogP contribution in [0.25, 0.3) is 11.3 Å². The molecule has 0 amide bonds. The lowest BCUT2D eigenvalue weighted by Crippen LogP contribution is -2.17. The van der Waals surface area contributed by atoms with Gasteiger partial charge in [-0.25, -0.2) is 4.99 Å². The first-order chi connectivity index (χ1) is 12.3. The number of aliphatic hydroxyl groups excluding tert-OH is 1. The van der Waals surface area contributed by atoms with E-state index in [4.69, 9.17) is 14.5 Å². The van der Waals surface area contributed by atoms with Gasteiger partial charge in [-0.2, -0.15) is 0 Å². The predicted molar refractivity (Wildman–Crippen MR) is 99.6 cm³/mol. The molecule has 0 spiro atoms. The van der Waals surface area contributed by atoms with Crippen molar-refractivity contribution in [2.24, 2.45) is 4.99 Å². The molecule has 0 aliphatic carbocycles. The fourth-order valence-corrected chi connectivity index (χ4v) is 3.53. The van der Waals surface area contributed by atoms with Gasteiger partial charge in [0.1, 0.15) is 0 Å². The molecule has 6 heteroatoms. The molecule has 0 atom stereocenters. The molecule has 3 aromatic rings. The molecule has 5 nitrogen and oxygen atoms in total. The van der Waals surface area contributed by atoms with Crippen molar-refractivity contribution in [1.29, 1.82) is 0 Å². The third-order valence-electron chi connectivity index (χ3n) is 3.78. The van der Waals surface area contributed by atoms with E-state index in [-0.39, 0.29) is 6.61 Å². The highest BCUT2D eigenvalue weighted by molar-refractivity contribution is 7.07. The van der Waals surface area contributed by atoms with Crippen LogP contribution in [-0.4, -0.2) is 30.5 Å². The zero-order valence-corrected chi connectivity index (χ0v) is 15.0. The average Bonchev–Trinajstić information content (AvgIpc) is 3.04. The highest BCUT2D eigenvalue weighted by atomic mass is 32.1. The topological polar surface area (TPSA) is 56.0 Å². The standard InChI is InChI=1S/C19H20N2O3S/c1-23-17-9-8-14(12-18(17)24-2)16-13-25-19(21(16)10-11-22)20-15-6-4-3-5-7-15/h3-9,12-13,22H,10-11H2,1-2H3. The van der Waals surface area contributed by atoms with Crippen LogP contribution in [-0.2, 0) is 6.54 Å². The van der Waals surface area contributed by atoms with E-state index in [1.165, 1.54) is 0 Å². The quantitative estimate of drug-likeness (QED) is 0.736. The minimum absolute atomic E-state index is 0.0407. The van der Waals surface area contributed by atoms with Crippen molar-refractivity contribution < 1.29 is 14.6 Å². The SMILES string of the molecule is COc1ccc(-c2csc(=Nc3ccccc3)n2CCO)cc1OC. The number of hydrogen-bond acceptors (Lipinski definition) is 5. The number of hydrogen-bond donors (Lipinski definition) is 1. The van der Waals surface area contributed by atoms with Gasteiger partial charge >= 0.3 is 0 Å². The van der Waals surface area contributed by atoms with E-state index >= 15 is 0 Å². The molecule has 0 radical (unpaired) electrons. The van der Waals surface area contributed by atoms with E-state index in [0.717, 1.165) is 21.7 Å². The average molecular weight is 356 g/mol. The zero-order valence-electron chi connectivity index (χ0n) is 14.2. The normalized spacial score (nSPS) is 11.6. The maximum Gasteiger partial charge on any atom is 0.190 e. The number of ether oxygens (including phenoxy) is 2. The van der Waals surface area contributed by atoms with Crippen molar-refractivity contribution in [3.8, 4) is 22.8 Å². The van der Waals surface area contributed by atoms with E-state index in [2.05, 4.69) is 0 Å². The van der Waals surface area contributed by atoms with Crippen molar-refractivity contribution in [1.82, 2.24) is 4.57 Å². The number of rotatable bonds is 6. The Labute approximate surface area is 150 Å². The number of aliphatic hydroxyl groups is 1. The molecule has 1 heterocycles. The van der Waals surface area contributed by atoms with Gasteiger partial charge < -0.3 is 19.1 Å². The third-order valence-corrected chi connectivity index (χ3v) is 4.65. The van der Waals surface area contributed by atoms with Gasteiger partial charge in [-0.05, 0) is 30.3 Å². The predicted octanol–water partition coefficient (Wildman–Crippen LogP) is 3.46. The first kappa shape index (κ1) is 17.3. The summed E-state index contributed by atoms with van der Waals surface area (Å²) in [6, 6.07) is 15.6. The monoisotopic (exact) mass is 356 g/mol. The maximum atomic E-state index is 9.48. The molecule has 130 valence electrons. The second-order valence-electron chi connectivity index (χ2n) is 5.30. The molecule has 0 fully saturated rings. The van der Waals surface area contributed by atoms with Gasteiger partial charge in [0.2, 0.25) is 0 Å². The Hall–Kier alpha value is -2.57. The van der Waals surface area contributed by atoms with Crippen LogP contribution in [0, 0.1) is 0 Å². The third kappa shape index (κ3) is 3.75. The summed E-state index contributed by atoms with van der Waals surface area (Å²) in [4.78, 5) is 5.53. The van der Waals surface area contributed by atoms with Crippen LogP contribution in [0.4, 0.5) is 5.69 Å². The van der Waals surface area contributed by atoms with Gasteiger partial charge in [-0.1, -0.05) is 18.2 Å². The smallest absolute Gasteiger partial charge is 0.190 e. The number of benzene rings is 2. The summed E-state index contributed by atoms with van der Waals surface area (Å²) in [6.07, 6.45) is 0. The number of aromatic nitrogens is 1. The van der Waals surface area contributed by atoms with E-state index in [1.807, 2.05) is 58.5 Å². The van der Waals surface area contributed by atoms with Crippen molar-refractivity contribution in [2.45, 2.75) is 6.54 Å². The first-order valence-corrected chi connectivity index (χ1v) is 8.76. The summed E-state index contributed by atoms with van der Waals surface area (Å²) in [5.41, 5.74) is 2.85. The van der Waals surface area contributed by atoms with Crippen LogP contribution in [0.5, 0.6) is 11.5 Å². The van der Waals surface area contributed by atoms with Gasteiger partial charge in [0.05, 0.1) is 32.2 Å². The van der Waals surface area contributed by atoms with Gasteiger partial charge in [0, 0.05) is 17.5 Å². The fraction of sp³-hybridized carbons (Fsp3) is 0.211. The Morgan fingerprint density at radius 2 is 1.80 bits per heavy atom. The number of nitrogens with zero attached hydrogens (tertiary/aromatic N) is 2. The van der Waals surface area contributed by atoms with Gasteiger partial charge in [0.25, 0.3) is 0 Å². The molecule has 0 aliphatic rings. The maximum absolute atomic E-state index is 9.48. The molecule has 25 heavy (non-hydrogen) atoms. The van der Waals surface area contributed by atoms with E-state index < -0.39 is 0 Å². The Kier molecular flexibility index (Phi) is 5.53. The van der Waals surface area contributed by atoms with Crippen LogP contribution in [0.3, 0.4) is 0 Å². The van der Waals surface area contributed by atoms with Crippen molar-refractivity contribution >= 4 is 17.0 Å². The van der Waals surface area contributed by atoms with Gasteiger partial charge in [-0.3, -0.25) is 0 Å². The molecule has 3 rings (SSSR count). The van der Waals surface area contributed by atoms with Crippen molar-refractivity contribution in [3.05, 3.63) is 58.7 Å². The molecule has 2 aromatic carbocycles. The largest absolute Gasteiger partial charge is 0.493 e. The molecule has 0 saturated heterocycles. The van der Waals surface area contributed by atoms with Crippen molar-refractivity contribution in [2.75, 3.05) is 20.8 Å². The van der Waals surface area contributed by atoms with Crippen LogP contribution >= 0.6 is 11.3 Å². The van der Waals surface area contributed by atoms with Crippen LogP contribution in [0.2, 0.25) is 0 Å². The molecule has 1 aromatic heterocycles. The fourth-order valence-electron chi connectivity index (χ4n) is 2.57.